The van der Waals surface area contributed by atoms with Crippen molar-refractivity contribution in [3.05, 3.63) is 47.7 Å². The van der Waals surface area contributed by atoms with E-state index in [0.717, 1.165) is 11.0 Å². The van der Waals surface area contributed by atoms with Crippen molar-refractivity contribution in [1.29, 1.82) is 0 Å². The van der Waals surface area contributed by atoms with Gasteiger partial charge in [-0.2, -0.15) is 0 Å². The Kier molecular flexibility index (Phi) is 3.86. The number of phenolic OH excluding ortho intramolecular Hbond substituents is 2. The van der Waals surface area contributed by atoms with Gasteiger partial charge < -0.3 is 15.9 Å². The summed E-state index contributed by atoms with van der Waals surface area (Å²) < 4.78 is 0. The number of carbonyl (C=O) groups excluding carboxylic acids is 2. The number of hydrogen-bond acceptors (Lipinski definition) is 4. The summed E-state index contributed by atoms with van der Waals surface area (Å²) in [5, 5.41) is 18.8. The molecule has 0 saturated heterocycles. The van der Waals surface area contributed by atoms with Crippen LogP contribution in [0.1, 0.15) is 10.4 Å². The van der Waals surface area contributed by atoms with Crippen LogP contribution in [0.5, 0.6) is 11.5 Å². The number of primary amides is 1. The number of nitrogens with one attached hydrogen (secondary N) is 1. The molecule has 0 spiro atoms. The predicted molar refractivity (Wildman–Crippen MR) is 71.2 cm³/mol. The molecule has 0 aromatic heterocycles. The van der Waals surface area contributed by atoms with Gasteiger partial charge in [-0.05, 0) is 24.3 Å². The maximum absolute atomic E-state index is 12.1. The third kappa shape index (κ3) is 3.04. The zero-order valence-corrected chi connectivity index (χ0v) is 10.7. The van der Waals surface area contributed by atoms with Crippen LogP contribution in [-0.2, 0) is 4.79 Å². The highest BCUT2D eigenvalue weighted by Crippen LogP contribution is 2.22. The van der Waals surface area contributed by atoms with E-state index in [9.17, 15) is 19.8 Å². The molecule has 1 aliphatic heterocycles. The molecule has 0 aliphatic carbocycles. The predicted octanol–water partition coefficient (Wildman–Crippen LogP) is -0.896. The van der Waals surface area contributed by atoms with Crippen molar-refractivity contribution in [3.63, 3.8) is 0 Å². The number of aromatic hydroxyl groups is 2. The van der Waals surface area contributed by atoms with E-state index in [1.165, 1.54) is 12.1 Å². The molecule has 1 atom stereocenters. The molecule has 2 rings (SSSR count). The van der Waals surface area contributed by atoms with Crippen LogP contribution in [0.25, 0.3) is 0 Å². The standard InChI is InChI=1S/C14H14N2O4/c15-14(20)9-2-1-5-16(7-9)8-13(19)11-4-3-10(17)6-12(11)18/h1-4,6-7,17-18H,5,8H2,(H2,15,20)/p+1. The molecule has 104 valence electrons. The fourth-order valence-electron chi connectivity index (χ4n) is 2.00. The summed E-state index contributed by atoms with van der Waals surface area (Å²) in [6, 6.07) is 3.82. The second-order valence-electron chi connectivity index (χ2n) is 4.53. The van der Waals surface area contributed by atoms with Gasteiger partial charge in [-0.3, -0.25) is 14.5 Å². The Labute approximate surface area is 115 Å². The highest BCUT2D eigenvalue weighted by atomic mass is 16.3. The van der Waals surface area contributed by atoms with Crippen LogP contribution in [0.3, 0.4) is 0 Å². The fraction of sp³-hybridized carbons (Fsp3) is 0.143. The first-order chi connectivity index (χ1) is 9.47. The van der Waals surface area contributed by atoms with Crippen LogP contribution in [-0.4, -0.2) is 35.0 Å². The van der Waals surface area contributed by atoms with E-state index in [1.54, 1.807) is 18.4 Å². The number of hydrogen-bond donors (Lipinski definition) is 4. The molecule has 1 aromatic rings. The third-order valence-corrected chi connectivity index (χ3v) is 2.99. The molecule has 1 heterocycles. The SMILES string of the molecule is NC(=O)C1=C[NH+](CC(=O)c2ccc(O)cc2O)CC=C1. The number of rotatable bonds is 4. The number of nitrogens with two attached hydrogens (primary N) is 1. The van der Waals surface area contributed by atoms with Gasteiger partial charge in [0.15, 0.2) is 0 Å². The monoisotopic (exact) mass is 275 g/mol. The second-order valence-corrected chi connectivity index (χ2v) is 4.53. The van der Waals surface area contributed by atoms with Crippen LogP contribution >= 0.6 is 0 Å². The maximum atomic E-state index is 12.1. The van der Waals surface area contributed by atoms with Crippen molar-refractivity contribution < 1.29 is 24.7 Å². The van der Waals surface area contributed by atoms with E-state index in [4.69, 9.17) is 5.73 Å². The zero-order chi connectivity index (χ0) is 14.7. The summed E-state index contributed by atoms with van der Waals surface area (Å²) in [6.07, 6.45) is 4.98. The summed E-state index contributed by atoms with van der Waals surface area (Å²) in [5.74, 6) is -1.20. The minimum atomic E-state index is -0.543. The number of benzene rings is 1. The second kappa shape index (κ2) is 5.58. The topological polar surface area (TPSA) is 105 Å². The molecule has 1 unspecified atom stereocenters. The minimum absolute atomic E-state index is 0.0828. The smallest absolute Gasteiger partial charge is 0.254 e. The van der Waals surface area contributed by atoms with Gasteiger partial charge in [0.05, 0.1) is 11.1 Å². The quantitative estimate of drug-likeness (QED) is 0.535. The molecular formula is C14H15N2O4+. The van der Waals surface area contributed by atoms with Crippen LogP contribution in [0.4, 0.5) is 0 Å². The Bertz CT molecular complexity index is 620. The lowest BCUT2D eigenvalue weighted by molar-refractivity contribution is -0.831. The zero-order valence-electron chi connectivity index (χ0n) is 10.7. The molecule has 1 aliphatic rings. The van der Waals surface area contributed by atoms with Crippen molar-refractivity contribution in [2.75, 3.05) is 13.1 Å². The molecule has 0 radical (unpaired) electrons. The van der Waals surface area contributed by atoms with Crippen LogP contribution < -0.4 is 10.6 Å². The summed E-state index contributed by atoms with van der Waals surface area (Å²) in [4.78, 5) is 23.9. The van der Waals surface area contributed by atoms with Crippen molar-refractivity contribution in [1.82, 2.24) is 0 Å². The molecule has 0 saturated carbocycles. The van der Waals surface area contributed by atoms with Crippen molar-refractivity contribution in [3.8, 4) is 11.5 Å². The molecule has 20 heavy (non-hydrogen) atoms. The number of Topliss-reactive ketones (excluding diaryl/α,β-unsaturated/α-hetero) is 1. The van der Waals surface area contributed by atoms with Gasteiger partial charge in [-0.15, -0.1) is 0 Å². The van der Waals surface area contributed by atoms with Crippen LogP contribution in [0.15, 0.2) is 42.1 Å². The molecule has 0 fully saturated rings. The number of amides is 1. The Morgan fingerprint density at radius 2 is 2.05 bits per heavy atom. The van der Waals surface area contributed by atoms with Crippen molar-refractivity contribution >= 4 is 11.7 Å². The first kappa shape index (κ1) is 13.8. The lowest BCUT2D eigenvalue weighted by atomic mass is 10.1. The first-order valence-corrected chi connectivity index (χ1v) is 6.05. The fourth-order valence-corrected chi connectivity index (χ4v) is 2.00. The van der Waals surface area contributed by atoms with Gasteiger partial charge in [0, 0.05) is 6.07 Å². The molecule has 1 aromatic carbocycles. The highest BCUT2D eigenvalue weighted by Gasteiger charge is 2.20. The molecule has 1 amide bonds. The van der Waals surface area contributed by atoms with Crippen LogP contribution in [0, 0.1) is 0 Å². The Morgan fingerprint density at radius 1 is 1.30 bits per heavy atom. The van der Waals surface area contributed by atoms with Gasteiger partial charge in [-0.25, -0.2) is 0 Å². The van der Waals surface area contributed by atoms with Gasteiger partial charge in [0.1, 0.15) is 30.8 Å². The van der Waals surface area contributed by atoms with Gasteiger partial charge >= 0.3 is 0 Å². The first-order valence-electron chi connectivity index (χ1n) is 6.05. The number of phenols is 2. The molecule has 5 N–H and O–H groups in total. The number of ketones is 1. The normalized spacial score (nSPS) is 17.6. The van der Waals surface area contributed by atoms with E-state index in [0.29, 0.717) is 12.1 Å². The van der Waals surface area contributed by atoms with Crippen molar-refractivity contribution in [2.45, 2.75) is 0 Å². The van der Waals surface area contributed by atoms with Gasteiger partial charge in [0.2, 0.25) is 5.78 Å². The summed E-state index contributed by atoms with van der Waals surface area (Å²) >= 11 is 0. The van der Waals surface area contributed by atoms with E-state index >= 15 is 0 Å². The Balaban J connectivity index is 2.12. The molecule has 0 bridgehead atoms. The summed E-state index contributed by atoms with van der Waals surface area (Å²) in [5.41, 5.74) is 5.68. The number of carbonyl (C=O) groups is 2. The summed E-state index contributed by atoms with van der Waals surface area (Å²) in [7, 11) is 0. The number of quaternary nitrogens is 1. The van der Waals surface area contributed by atoms with E-state index < -0.39 is 5.91 Å². The van der Waals surface area contributed by atoms with E-state index in [1.807, 2.05) is 0 Å². The van der Waals surface area contributed by atoms with E-state index in [2.05, 4.69) is 0 Å². The minimum Gasteiger partial charge on any atom is -0.508 e. The highest BCUT2D eigenvalue weighted by molar-refractivity contribution is 5.99. The summed E-state index contributed by atoms with van der Waals surface area (Å²) in [6.45, 7) is 0.640. The Morgan fingerprint density at radius 3 is 2.70 bits per heavy atom. The van der Waals surface area contributed by atoms with Gasteiger partial charge in [0.25, 0.3) is 5.91 Å². The molecule has 6 heteroatoms. The molecule has 6 nitrogen and oxygen atoms in total. The third-order valence-electron chi connectivity index (χ3n) is 2.99. The molecular weight excluding hydrogens is 260 g/mol. The van der Waals surface area contributed by atoms with Crippen molar-refractivity contribution in [2.24, 2.45) is 5.73 Å². The Hall–Kier alpha value is -2.60. The average molecular weight is 275 g/mol. The maximum Gasteiger partial charge on any atom is 0.254 e. The lowest BCUT2D eigenvalue weighted by Crippen LogP contribution is -3.08. The largest absolute Gasteiger partial charge is 0.508 e. The van der Waals surface area contributed by atoms with E-state index in [-0.39, 0.29) is 29.4 Å². The van der Waals surface area contributed by atoms with Crippen LogP contribution in [0.2, 0.25) is 0 Å². The van der Waals surface area contributed by atoms with Gasteiger partial charge in [-0.1, -0.05) is 0 Å². The average Bonchev–Trinajstić information content (AvgIpc) is 2.38. The lowest BCUT2D eigenvalue weighted by Gasteiger charge is -2.16.